The van der Waals surface area contributed by atoms with E-state index in [2.05, 4.69) is 82.7 Å². The van der Waals surface area contributed by atoms with Gasteiger partial charge in [-0.15, -0.1) is 0 Å². The summed E-state index contributed by atoms with van der Waals surface area (Å²) in [5.74, 6) is 0. The van der Waals surface area contributed by atoms with Gasteiger partial charge in [0, 0.05) is 32.9 Å². The summed E-state index contributed by atoms with van der Waals surface area (Å²) in [6, 6.07) is 0. The zero-order chi connectivity index (χ0) is 21.6. The second-order valence-electron chi connectivity index (χ2n) is 6.77. The summed E-state index contributed by atoms with van der Waals surface area (Å²) < 4.78 is 0. The molecule has 0 aliphatic rings. The number of hydrogen-bond donors (Lipinski definition) is 0. The van der Waals surface area contributed by atoms with Crippen molar-refractivity contribution in [1.29, 1.82) is 0 Å². The minimum Gasteiger partial charge on any atom is -0.545 e. The van der Waals surface area contributed by atoms with Gasteiger partial charge in [-0.3, -0.25) is 20.4 Å². The predicted molar refractivity (Wildman–Crippen MR) is 123 cm³/mol. The van der Waals surface area contributed by atoms with Crippen LogP contribution in [0, 0.1) is 6.92 Å². The van der Waals surface area contributed by atoms with Gasteiger partial charge < -0.3 is 21.3 Å². The van der Waals surface area contributed by atoms with Gasteiger partial charge in [0.15, 0.2) is 0 Å². The van der Waals surface area contributed by atoms with Gasteiger partial charge in [0.2, 0.25) is 0 Å². The summed E-state index contributed by atoms with van der Waals surface area (Å²) in [6.07, 6.45) is 4.12. The van der Waals surface area contributed by atoms with E-state index in [0.29, 0.717) is 0 Å². The van der Waals surface area contributed by atoms with Crippen LogP contribution in [-0.2, 0) is 31.5 Å². The number of hydrogen-bond acceptors (Lipinski definition) is 3. The van der Waals surface area contributed by atoms with Crippen molar-refractivity contribution in [3.05, 3.63) is 6.92 Å². The minimum atomic E-state index is -0.114. The first-order valence-electron chi connectivity index (χ1n) is 8.89. The Bertz CT molecular complexity index is 200. The smallest absolute Gasteiger partial charge is 0.0910 e. The second-order valence-corrected chi connectivity index (χ2v) is 14.7. The third-order valence-electron chi connectivity index (χ3n) is 3.67. The molecular weight excluding hydrogens is 405 g/mol. The molecule has 0 aromatic heterocycles. The monoisotopic (exact) mass is 449 g/mol. The zero-order valence-electron chi connectivity index (χ0n) is 18.5. The van der Waals surface area contributed by atoms with E-state index in [9.17, 15) is 0 Å². The Morgan fingerprint density at radius 2 is 0.731 bits per heavy atom. The van der Waals surface area contributed by atoms with Gasteiger partial charge in [-0.25, -0.2) is 0 Å². The van der Waals surface area contributed by atoms with E-state index in [-0.39, 0.29) is 32.9 Å². The Morgan fingerprint density at radius 1 is 0.615 bits per heavy atom. The molecule has 0 saturated heterocycles. The van der Waals surface area contributed by atoms with E-state index in [1.165, 1.54) is 0 Å². The van der Waals surface area contributed by atoms with Crippen molar-refractivity contribution in [1.82, 2.24) is 0 Å². The van der Waals surface area contributed by atoms with Crippen LogP contribution in [0.5, 0.6) is 0 Å². The van der Waals surface area contributed by atoms with Crippen LogP contribution in [0.3, 0.4) is 0 Å². The van der Waals surface area contributed by atoms with Crippen LogP contribution < -0.4 is 0 Å². The molecule has 161 valence electrons. The van der Waals surface area contributed by atoms with E-state index in [1.807, 2.05) is 6.92 Å². The van der Waals surface area contributed by atoms with Crippen molar-refractivity contribution >= 4 is 36.2 Å². The standard InChI is InChI=1S/C14H32P2.C3H7.3CHO.Mn/c1-11(2)15(12(3)4)9-10-16(13(5)6)14(7)8;1-3-2;3*1-2;/h11-14H,9-10H2,1-8H3;1,3H2,2H3;3*1H;/q;4*-1;/p+2. The summed E-state index contributed by atoms with van der Waals surface area (Å²) in [4.78, 5) is 23.2. The maximum absolute atomic E-state index is 7.75. The van der Waals surface area contributed by atoms with E-state index in [0.717, 1.165) is 29.1 Å². The molecule has 0 bridgehead atoms. The molecule has 3 nitrogen and oxygen atoms in total. The van der Waals surface area contributed by atoms with Crippen molar-refractivity contribution < 1.29 is 31.5 Å². The molecule has 0 atom stereocenters. The van der Waals surface area contributed by atoms with E-state index >= 15 is 0 Å². The van der Waals surface area contributed by atoms with Gasteiger partial charge in [-0.1, -0.05) is 6.92 Å². The van der Waals surface area contributed by atoms with Gasteiger partial charge >= 0.3 is 0 Å². The molecule has 0 unspecified atom stereocenters. The summed E-state index contributed by atoms with van der Waals surface area (Å²) in [5.41, 5.74) is 3.81. The predicted octanol–water partition coefficient (Wildman–Crippen LogP) is 5.45. The Hall–Kier alpha value is 0.389. The Balaban J connectivity index is -0.0000000856. The summed E-state index contributed by atoms with van der Waals surface area (Å²) >= 11 is 0. The quantitative estimate of drug-likeness (QED) is 0.225. The summed E-state index contributed by atoms with van der Waals surface area (Å²) in [5, 5.41) is 0. The summed E-state index contributed by atoms with van der Waals surface area (Å²) in [6.45, 7) is 34.7. The molecule has 0 aliphatic carbocycles. The molecule has 0 aliphatic heterocycles. The Kier molecular flexibility index (Phi) is 52.0. The van der Waals surface area contributed by atoms with Crippen molar-refractivity contribution in [2.24, 2.45) is 0 Å². The molecule has 6 heteroatoms. The molecule has 0 saturated carbocycles. The molecule has 0 spiro atoms. The first kappa shape index (κ1) is 40.9. The maximum Gasteiger partial charge on any atom is 0.0910 e. The van der Waals surface area contributed by atoms with Gasteiger partial charge in [-0.05, 0) is 55.4 Å². The SMILES string of the molecule is CC(C)[PH+](CC[PH+](C(C)C)C(C)C)C(C)C.[CH-]=O.[CH-]=O.[CH-]=O.[CH2-]CC.[Mn]. The molecule has 0 rings (SSSR count). The normalized spacial score (nSPS) is 9.23. The topological polar surface area (TPSA) is 51.2 Å². The minimum absolute atomic E-state index is 0. The molecule has 0 aromatic rings. The average molecular weight is 449 g/mol. The third kappa shape index (κ3) is 29.2. The molecule has 26 heavy (non-hydrogen) atoms. The second kappa shape index (κ2) is 33.0. The maximum atomic E-state index is 7.75. The van der Waals surface area contributed by atoms with Crippen LogP contribution in [-0.4, -0.2) is 55.3 Å². The van der Waals surface area contributed by atoms with Gasteiger partial charge in [0.25, 0.3) is 0 Å². The van der Waals surface area contributed by atoms with Crippen LogP contribution in [0.25, 0.3) is 0 Å². The van der Waals surface area contributed by atoms with Crippen LogP contribution in [0.4, 0.5) is 0 Å². The molecule has 1 radical (unpaired) electrons. The van der Waals surface area contributed by atoms with Crippen molar-refractivity contribution in [3.8, 4) is 0 Å². The van der Waals surface area contributed by atoms with E-state index < -0.39 is 0 Å². The molecule has 0 N–H and O–H groups in total. The number of carbonyl (C=O) groups excluding carboxylic acids is 3. The van der Waals surface area contributed by atoms with Gasteiger partial charge in [-0.2, -0.15) is 6.42 Å². The average Bonchev–Trinajstić information content (AvgIpc) is 2.56. The third-order valence-corrected chi connectivity index (χ3v) is 11.8. The van der Waals surface area contributed by atoms with Crippen LogP contribution in [0.2, 0.25) is 0 Å². The Labute approximate surface area is 178 Å². The van der Waals surface area contributed by atoms with E-state index in [1.54, 1.807) is 12.3 Å². The molecular formula is C20H44MnO3P2-2. The largest absolute Gasteiger partial charge is 0.545 e. The molecule has 0 heterocycles. The van der Waals surface area contributed by atoms with Crippen LogP contribution in [0.15, 0.2) is 0 Å². The van der Waals surface area contributed by atoms with E-state index in [4.69, 9.17) is 14.4 Å². The Morgan fingerprint density at radius 3 is 0.808 bits per heavy atom. The fourth-order valence-electron chi connectivity index (χ4n) is 2.78. The van der Waals surface area contributed by atoms with Crippen LogP contribution in [0.1, 0.15) is 68.7 Å². The zero-order valence-corrected chi connectivity index (χ0v) is 21.7. The summed E-state index contributed by atoms with van der Waals surface area (Å²) in [7, 11) is -0.229. The van der Waals surface area contributed by atoms with Crippen molar-refractivity contribution in [2.75, 3.05) is 12.3 Å². The first-order chi connectivity index (χ1) is 11.7. The van der Waals surface area contributed by atoms with Gasteiger partial charge in [0.1, 0.15) is 0 Å². The molecule has 0 fully saturated rings. The number of rotatable bonds is 7. The fraction of sp³-hybridized carbons (Fsp3) is 0.800. The molecule has 0 aromatic carbocycles. The van der Waals surface area contributed by atoms with Crippen LogP contribution >= 0.6 is 15.8 Å². The van der Waals surface area contributed by atoms with Gasteiger partial charge in [0.05, 0.1) is 35.0 Å². The van der Waals surface area contributed by atoms with Crippen molar-refractivity contribution in [3.63, 3.8) is 0 Å². The first-order valence-corrected chi connectivity index (χ1v) is 12.6. The fourth-order valence-corrected chi connectivity index (χ4v) is 10.1. The molecule has 0 amide bonds. The van der Waals surface area contributed by atoms with Crippen molar-refractivity contribution in [2.45, 2.75) is 91.4 Å².